The summed E-state index contributed by atoms with van der Waals surface area (Å²) in [5.74, 6) is 1.67. The third-order valence-corrected chi connectivity index (χ3v) is 4.78. The molecule has 0 spiro atoms. The first-order chi connectivity index (χ1) is 11.8. The molecule has 0 aromatic carbocycles. The van der Waals surface area contributed by atoms with E-state index in [4.69, 9.17) is 14.5 Å². The van der Waals surface area contributed by atoms with Gasteiger partial charge in [-0.15, -0.1) is 0 Å². The molecule has 2 fully saturated rings. The monoisotopic (exact) mass is 340 g/mol. The maximum absolute atomic E-state index is 5.69. The summed E-state index contributed by atoms with van der Waals surface area (Å²) in [5, 5.41) is 6.75. The molecule has 6 heteroatoms. The van der Waals surface area contributed by atoms with Crippen LogP contribution in [0.5, 0.6) is 0 Å². The highest BCUT2D eigenvalue weighted by Crippen LogP contribution is 2.15. The lowest BCUT2D eigenvalue weighted by Gasteiger charge is -2.28. The molecule has 2 aliphatic rings. The lowest BCUT2D eigenvalue weighted by molar-refractivity contribution is 0.0168. The number of hydrogen-bond donors (Lipinski definition) is 2. The van der Waals surface area contributed by atoms with Crippen molar-refractivity contribution in [3.63, 3.8) is 0 Å². The predicted molar refractivity (Wildman–Crippen MR) is 98.6 cm³/mol. The molecule has 6 nitrogen and oxygen atoms in total. The van der Waals surface area contributed by atoms with Gasteiger partial charge in [-0.2, -0.15) is 0 Å². The Morgan fingerprint density at radius 1 is 1.25 bits per heavy atom. The number of likely N-dealkylation sites (tertiary alicyclic amines) is 1. The Morgan fingerprint density at radius 2 is 2.08 bits per heavy atom. The van der Waals surface area contributed by atoms with E-state index in [0.717, 1.165) is 64.2 Å². The highest BCUT2D eigenvalue weighted by atomic mass is 16.5. The van der Waals surface area contributed by atoms with Gasteiger partial charge in [0, 0.05) is 32.8 Å². The number of aliphatic imine (C=N–C) groups is 1. The number of piperidine rings is 1. The van der Waals surface area contributed by atoms with E-state index in [1.54, 1.807) is 0 Å². The lowest BCUT2D eigenvalue weighted by Crippen LogP contribution is -2.39. The van der Waals surface area contributed by atoms with Crippen molar-refractivity contribution in [1.82, 2.24) is 15.5 Å². The van der Waals surface area contributed by atoms with Crippen molar-refractivity contribution in [1.29, 1.82) is 0 Å². The van der Waals surface area contributed by atoms with E-state index in [1.165, 1.54) is 32.4 Å². The molecule has 140 valence electrons. The van der Waals surface area contributed by atoms with Crippen molar-refractivity contribution >= 4 is 5.96 Å². The maximum atomic E-state index is 5.69. The van der Waals surface area contributed by atoms with Crippen molar-refractivity contribution < 1.29 is 9.47 Å². The van der Waals surface area contributed by atoms with Crippen LogP contribution in [0.1, 0.15) is 39.0 Å². The van der Waals surface area contributed by atoms with Gasteiger partial charge in [-0.1, -0.05) is 0 Å². The van der Waals surface area contributed by atoms with Crippen LogP contribution in [0.2, 0.25) is 0 Å². The molecular formula is C18H36N4O2. The minimum Gasteiger partial charge on any atom is -0.379 e. The molecule has 2 heterocycles. The van der Waals surface area contributed by atoms with Gasteiger partial charge >= 0.3 is 0 Å². The molecule has 1 atom stereocenters. The van der Waals surface area contributed by atoms with Gasteiger partial charge in [0.1, 0.15) is 0 Å². The summed E-state index contributed by atoms with van der Waals surface area (Å²) in [6.07, 6.45) is 6.16. The van der Waals surface area contributed by atoms with Crippen LogP contribution in [0.25, 0.3) is 0 Å². The third kappa shape index (κ3) is 7.81. The van der Waals surface area contributed by atoms with Crippen LogP contribution in [-0.2, 0) is 9.47 Å². The summed E-state index contributed by atoms with van der Waals surface area (Å²) >= 11 is 0. The maximum Gasteiger partial charge on any atom is 0.191 e. The standard InChI is InChI=1S/C18H36N4O2/c1-3-19-18(21-14-16-7-10-22(2)11-8-16)20-9-5-12-23-15-17-6-4-13-24-17/h16-17H,3-15H2,1-2H3,(H2,19,20,21). The van der Waals surface area contributed by atoms with Crippen molar-refractivity contribution in [2.75, 3.05) is 59.6 Å². The summed E-state index contributed by atoms with van der Waals surface area (Å²) in [6, 6.07) is 0. The summed E-state index contributed by atoms with van der Waals surface area (Å²) in [7, 11) is 2.20. The Kier molecular flexibility index (Phi) is 9.46. The molecule has 0 saturated carbocycles. The zero-order valence-electron chi connectivity index (χ0n) is 15.6. The minimum absolute atomic E-state index is 0.325. The molecule has 0 radical (unpaired) electrons. The van der Waals surface area contributed by atoms with Gasteiger partial charge < -0.3 is 25.0 Å². The third-order valence-electron chi connectivity index (χ3n) is 4.78. The second kappa shape index (κ2) is 11.7. The number of nitrogens with zero attached hydrogens (tertiary/aromatic N) is 2. The van der Waals surface area contributed by atoms with Gasteiger partial charge in [0.15, 0.2) is 5.96 Å². The van der Waals surface area contributed by atoms with E-state index < -0.39 is 0 Å². The molecule has 0 aliphatic carbocycles. The van der Waals surface area contributed by atoms with Crippen molar-refractivity contribution in [3.8, 4) is 0 Å². The molecule has 1 unspecified atom stereocenters. The molecule has 2 N–H and O–H groups in total. The fourth-order valence-electron chi connectivity index (χ4n) is 3.18. The Morgan fingerprint density at radius 3 is 2.79 bits per heavy atom. The topological polar surface area (TPSA) is 58.1 Å². The summed E-state index contributed by atoms with van der Waals surface area (Å²) in [5.41, 5.74) is 0. The van der Waals surface area contributed by atoms with Crippen molar-refractivity contribution in [2.24, 2.45) is 10.9 Å². The Balaban J connectivity index is 1.55. The number of ether oxygens (including phenoxy) is 2. The average Bonchev–Trinajstić information content (AvgIpc) is 3.10. The van der Waals surface area contributed by atoms with E-state index in [0.29, 0.717) is 6.10 Å². The van der Waals surface area contributed by atoms with Crippen LogP contribution in [0.3, 0.4) is 0 Å². The SMILES string of the molecule is CCNC(=NCC1CCN(C)CC1)NCCCOCC1CCCO1. The Labute approximate surface area is 147 Å². The fourth-order valence-corrected chi connectivity index (χ4v) is 3.18. The highest BCUT2D eigenvalue weighted by Gasteiger charge is 2.16. The predicted octanol–water partition coefficient (Wildman–Crippen LogP) is 1.47. The van der Waals surface area contributed by atoms with Crippen LogP contribution in [0.15, 0.2) is 4.99 Å². The van der Waals surface area contributed by atoms with E-state index in [9.17, 15) is 0 Å². The molecule has 0 aromatic rings. The smallest absolute Gasteiger partial charge is 0.191 e. The van der Waals surface area contributed by atoms with Gasteiger partial charge in [-0.25, -0.2) is 0 Å². The first-order valence-electron chi connectivity index (χ1n) is 9.68. The van der Waals surface area contributed by atoms with E-state index >= 15 is 0 Å². The van der Waals surface area contributed by atoms with Gasteiger partial charge in [0.2, 0.25) is 0 Å². The van der Waals surface area contributed by atoms with Crippen LogP contribution in [0.4, 0.5) is 0 Å². The first-order valence-corrected chi connectivity index (χ1v) is 9.68. The second-order valence-corrected chi connectivity index (χ2v) is 6.96. The largest absolute Gasteiger partial charge is 0.379 e. The van der Waals surface area contributed by atoms with Gasteiger partial charge in [-0.3, -0.25) is 4.99 Å². The Bertz CT molecular complexity index is 351. The Hall–Kier alpha value is -0.850. The van der Waals surface area contributed by atoms with Crippen LogP contribution in [-0.4, -0.2) is 76.6 Å². The summed E-state index contributed by atoms with van der Waals surface area (Å²) in [6.45, 7) is 9.65. The molecule has 2 saturated heterocycles. The molecule has 0 aromatic heterocycles. The zero-order chi connectivity index (χ0) is 17.0. The minimum atomic E-state index is 0.325. The fraction of sp³-hybridized carbons (Fsp3) is 0.944. The number of nitrogens with one attached hydrogen (secondary N) is 2. The van der Waals surface area contributed by atoms with Gasteiger partial charge in [0.25, 0.3) is 0 Å². The molecule has 0 bridgehead atoms. The zero-order valence-corrected chi connectivity index (χ0v) is 15.6. The quantitative estimate of drug-likeness (QED) is 0.378. The van der Waals surface area contributed by atoms with Crippen LogP contribution < -0.4 is 10.6 Å². The number of guanidine groups is 1. The average molecular weight is 341 g/mol. The number of rotatable bonds is 9. The number of hydrogen-bond acceptors (Lipinski definition) is 4. The highest BCUT2D eigenvalue weighted by molar-refractivity contribution is 5.79. The molecule has 2 aliphatic heterocycles. The van der Waals surface area contributed by atoms with Crippen LogP contribution in [0, 0.1) is 5.92 Å². The molecule has 24 heavy (non-hydrogen) atoms. The second-order valence-electron chi connectivity index (χ2n) is 6.96. The summed E-state index contributed by atoms with van der Waals surface area (Å²) < 4.78 is 11.2. The normalized spacial score (nSPS) is 23.6. The lowest BCUT2D eigenvalue weighted by atomic mass is 9.97. The van der Waals surface area contributed by atoms with Crippen molar-refractivity contribution in [3.05, 3.63) is 0 Å². The van der Waals surface area contributed by atoms with E-state index in [-0.39, 0.29) is 0 Å². The van der Waals surface area contributed by atoms with Crippen molar-refractivity contribution in [2.45, 2.75) is 45.1 Å². The van der Waals surface area contributed by atoms with Gasteiger partial charge in [0.05, 0.1) is 12.7 Å². The summed E-state index contributed by atoms with van der Waals surface area (Å²) in [4.78, 5) is 7.16. The molecule has 2 rings (SSSR count). The van der Waals surface area contributed by atoms with Crippen LogP contribution >= 0.6 is 0 Å². The first kappa shape index (κ1) is 19.5. The molecule has 0 amide bonds. The molecular weight excluding hydrogens is 304 g/mol. The van der Waals surface area contributed by atoms with Gasteiger partial charge in [-0.05, 0) is 65.1 Å². The van der Waals surface area contributed by atoms with E-state index in [1.807, 2.05) is 0 Å². The van der Waals surface area contributed by atoms with E-state index in [2.05, 4.69) is 29.5 Å².